The van der Waals surface area contributed by atoms with Gasteiger partial charge in [-0.3, -0.25) is 9.59 Å². The maximum Gasteiger partial charge on any atom is 0.230 e. The minimum absolute atomic E-state index is 0.0238. The topological polar surface area (TPSA) is 62.3 Å². The van der Waals surface area contributed by atoms with Crippen LogP contribution >= 0.6 is 11.8 Å². The molecular weight excluding hydrogens is 322 g/mol. The van der Waals surface area contributed by atoms with Crippen LogP contribution in [0.3, 0.4) is 0 Å². The lowest BCUT2D eigenvalue weighted by molar-refractivity contribution is -0.122. The van der Waals surface area contributed by atoms with E-state index in [2.05, 4.69) is 10.3 Å². The standard InChI is InChI=1S/C18H19N3O2S/c1-12-4-3-5-16(19-12)20-18(23)13-10-17(22)21(11-13)14-6-8-15(24-2)9-7-14/h3-9,13H,10-11H2,1-2H3,(H,19,20,23). The van der Waals surface area contributed by atoms with Crippen LogP contribution in [0.15, 0.2) is 47.4 Å². The van der Waals surface area contributed by atoms with Crippen LogP contribution in [0.25, 0.3) is 0 Å². The molecule has 1 unspecified atom stereocenters. The predicted octanol–water partition coefficient (Wildman–Crippen LogP) is 3.10. The number of aromatic nitrogens is 1. The quantitative estimate of drug-likeness (QED) is 0.868. The Balaban J connectivity index is 1.68. The third-order valence-corrected chi connectivity index (χ3v) is 4.76. The molecule has 5 nitrogen and oxygen atoms in total. The summed E-state index contributed by atoms with van der Waals surface area (Å²) in [6.07, 6.45) is 2.23. The molecule has 1 aromatic heterocycles. The van der Waals surface area contributed by atoms with Gasteiger partial charge in [0.1, 0.15) is 5.82 Å². The highest BCUT2D eigenvalue weighted by Crippen LogP contribution is 2.27. The molecule has 124 valence electrons. The lowest BCUT2D eigenvalue weighted by Gasteiger charge is -2.17. The summed E-state index contributed by atoms with van der Waals surface area (Å²) in [5.74, 6) is -0.0239. The average Bonchev–Trinajstić information content (AvgIpc) is 2.97. The number of hydrogen-bond acceptors (Lipinski definition) is 4. The van der Waals surface area contributed by atoms with Crippen LogP contribution in [-0.4, -0.2) is 29.6 Å². The molecular formula is C18H19N3O2S. The second-order valence-corrected chi connectivity index (χ2v) is 6.64. The maximum atomic E-state index is 12.4. The summed E-state index contributed by atoms with van der Waals surface area (Å²) in [4.78, 5) is 31.8. The SMILES string of the molecule is CSc1ccc(N2CC(C(=O)Nc3cccc(C)n3)CC2=O)cc1. The number of nitrogens with zero attached hydrogens (tertiary/aromatic N) is 2. The molecule has 6 heteroatoms. The molecule has 1 saturated heterocycles. The van der Waals surface area contributed by atoms with Crippen LogP contribution in [-0.2, 0) is 9.59 Å². The van der Waals surface area contributed by atoms with Crippen LogP contribution in [0, 0.1) is 12.8 Å². The Bertz CT molecular complexity index is 761. The number of carbonyl (C=O) groups excluding carboxylic acids is 2. The fourth-order valence-electron chi connectivity index (χ4n) is 2.74. The zero-order chi connectivity index (χ0) is 17.1. The molecule has 1 aromatic carbocycles. The van der Waals surface area contributed by atoms with Crippen LogP contribution < -0.4 is 10.2 Å². The van der Waals surface area contributed by atoms with E-state index < -0.39 is 0 Å². The molecule has 0 saturated carbocycles. The molecule has 2 aromatic rings. The molecule has 2 amide bonds. The normalized spacial score (nSPS) is 17.2. The largest absolute Gasteiger partial charge is 0.312 e. The number of amides is 2. The monoisotopic (exact) mass is 341 g/mol. The van der Waals surface area contributed by atoms with Crippen molar-refractivity contribution in [2.45, 2.75) is 18.2 Å². The lowest BCUT2D eigenvalue weighted by Crippen LogP contribution is -2.28. The van der Waals surface area contributed by atoms with Crippen LogP contribution in [0.1, 0.15) is 12.1 Å². The van der Waals surface area contributed by atoms with Gasteiger partial charge in [0, 0.05) is 29.2 Å². The summed E-state index contributed by atoms with van der Waals surface area (Å²) in [6, 6.07) is 13.3. The molecule has 1 atom stereocenters. The number of hydrogen-bond donors (Lipinski definition) is 1. The zero-order valence-electron chi connectivity index (χ0n) is 13.7. The van der Waals surface area contributed by atoms with Crippen molar-refractivity contribution in [3.8, 4) is 0 Å². The van der Waals surface area contributed by atoms with E-state index in [0.717, 1.165) is 16.3 Å². The van der Waals surface area contributed by atoms with Crippen molar-refractivity contribution in [2.24, 2.45) is 5.92 Å². The molecule has 3 rings (SSSR count). The second-order valence-electron chi connectivity index (χ2n) is 5.76. The summed E-state index contributed by atoms with van der Waals surface area (Å²) in [6.45, 7) is 2.27. The molecule has 1 aliphatic rings. The molecule has 2 heterocycles. The molecule has 0 bridgehead atoms. The fourth-order valence-corrected chi connectivity index (χ4v) is 3.14. The molecule has 0 aliphatic carbocycles. The first kappa shape index (κ1) is 16.5. The van der Waals surface area contributed by atoms with Gasteiger partial charge in [-0.1, -0.05) is 6.07 Å². The van der Waals surface area contributed by atoms with Crippen molar-refractivity contribution < 1.29 is 9.59 Å². The minimum Gasteiger partial charge on any atom is -0.312 e. The minimum atomic E-state index is -0.361. The Kier molecular flexibility index (Phi) is 4.85. The Hall–Kier alpha value is -2.34. The Morgan fingerprint density at radius 1 is 1.25 bits per heavy atom. The summed E-state index contributed by atoms with van der Waals surface area (Å²) in [5, 5.41) is 2.80. The van der Waals surface area contributed by atoms with E-state index in [9.17, 15) is 9.59 Å². The van der Waals surface area contributed by atoms with Gasteiger partial charge < -0.3 is 10.2 Å². The van der Waals surface area contributed by atoms with E-state index in [4.69, 9.17) is 0 Å². The summed E-state index contributed by atoms with van der Waals surface area (Å²) in [7, 11) is 0. The van der Waals surface area contributed by atoms with Gasteiger partial charge in [-0.05, 0) is 49.6 Å². The third-order valence-electron chi connectivity index (χ3n) is 4.02. The average molecular weight is 341 g/mol. The van der Waals surface area contributed by atoms with Gasteiger partial charge in [-0.15, -0.1) is 11.8 Å². The predicted molar refractivity (Wildman–Crippen MR) is 96.3 cm³/mol. The molecule has 24 heavy (non-hydrogen) atoms. The number of benzene rings is 1. The third kappa shape index (κ3) is 3.59. The van der Waals surface area contributed by atoms with Crippen molar-refractivity contribution in [1.82, 2.24) is 4.98 Å². The number of rotatable bonds is 4. The highest BCUT2D eigenvalue weighted by Gasteiger charge is 2.35. The molecule has 1 aliphatic heterocycles. The van der Waals surface area contributed by atoms with Crippen LogP contribution in [0.5, 0.6) is 0 Å². The van der Waals surface area contributed by atoms with Crippen molar-refractivity contribution in [3.05, 3.63) is 48.2 Å². The van der Waals surface area contributed by atoms with Gasteiger partial charge in [0.15, 0.2) is 0 Å². The van der Waals surface area contributed by atoms with Gasteiger partial charge in [0.2, 0.25) is 11.8 Å². The molecule has 1 N–H and O–H groups in total. The van der Waals surface area contributed by atoms with Gasteiger partial charge in [0.25, 0.3) is 0 Å². The van der Waals surface area contributed by atoms with Gasteiger partial charge in [-0.2, -0.15) is 0 Å². The lowest BCUT2D eigenvalue weighted by atomic mass is 10.1. The van der Waals surface area contributed by atoms with E-state index in [0.29, 0.717) is 12.4 Å². The van der Waals surface area contributed by atoms with Gasteiger partial charge >= 0.3 is 0 Å². The number of aryl methyl sites for hydroxylation is 1. The molecule has 0 radical (unpaired) electrons. The van der Waals surface area contributed by atoms with E-state index in [1.54, 1.807) is 22.7 Å². The van der Waals surface area contributed by atoms with E-state index in [1.165, 1.54) is 0 Å². The highest BCUT2D eigenvalue weighted by atomic mass is 32.2. The molecule has 1 fully saturated rings. The van der Waals surface area contributed by atoms with Gasteiger partial charge in [0.05, 0.1) is 5.92 Å². The molecule has 0 spiro atoms. The maximum absolute atomic E-state index is 12.4. The number of pyridine rings is 1. The van der Waals surface area contributed by atoms with E-state index in [-0.39, 0.29) is 24.2 Å². The number of anilines is 2. The Morgan fingerprint density at radius 2 is 2.00 bits per heavy atom. The second kappa shape index (κ2) is 7.05. The summed E-state index contributed by atoms with van der Waals surface area (Å²) < 4.78 is 0. The van der Waals surface area contributed by atoms with Gasteiger partial charge in [-0.25, -0.2) is 4.98 Å². The van der Waals surface area contributed by atoms with Crippen molar-refractivity contribution in [3.63, 3.8) is 0 Å². The zero-order valence-corrected chi connectivity index (χ0v) is 14.5. The fraction of sp³-hybridized carbons (Fsp3) is 0.278. The Labute approximate surface area is 145 Å². The van der Waals surface area contributed by atoms with E-state index >= 15 is 0 Å². The number of thioether (sulfide) groups is 1. The number of carbonyl (C=O) groups is 2. The smallest absolute Gasteiger partial charge is 0.230 e. The van der Waals surface area contributed by atoms with Crippen molar-refractivity contribution in [1.29, 1.82) is 0 Å². The van der Waals surface area contributed by atoms with E-state index in [1.807, 2.05) is 49.6 Å². The number of nitrogens with one attached hydrogen (secondary N) is 1. The first-order valence-electron chi connectivity index (χ1n) is 7.76. The van der Waals surface area contributed by atoms with Crippen molar-refractivity contribution in [2.75, 3.05) is 23.0 Å². The highest BCUT2D eigenvalue weighted by molar-refractivity contribution is 7.98. The first-order chi connectivity index (χ1) is 11.6. The van der Waals surface area contributed by atoms with Crippen LogP contribution in [0.2, 0.25) is 0 Å². The summed E-state index contributed by atoms with van der Waals surface area (Å²) >= 11 is 1.65. The van der Waals surface area contributed by atoms with Crippen molar-refractivity contribution >= 4 is 35.1 Å². The first-order valence-corrected chi connectivity index (χ1v) is 8.98. The van der Waals surface area contributed by atoms with Crippen LogP contribution in [0.4, 0.5) is 11.5 Å². The Morgan fingerprint density at radius 3 is 2.67 bits per heavy atom. The summed E-state index contributed by atoms with van der Waals surface area (Å²) in [5.41, 5.74) is 1.67.